The Morgan fingerprint density at radius 3 is 2.52 bits per heavy atom. The van der Waals surface area contributed by atoms with Crippen LogP contribution in [0.5, 0.6) is 0 Å². The lowest BCUT2D eigenvalue weighted by Crippen LogP contribution is -2.23. The largest absolute Gasteiger partial charge is 0.312 e. The summed E-state index contributed by atoms with van der Waals surface area (Å²) in [6.07, 6.45) is 2.93. The molecule has 0 unspecified atom stereocenters. The Kier molecular flexibility index (Phi) is 5.29. The number of carbonyl (C=O) groups excluding carboxylic acids is 1. The van der Waals surface area contributed by atoms with Gasteiger partial charge in [0, 0.05) is 30.6 Å². The Labute approximate surface area is 173 Å². The van der Waals surface area contributed by atoms with Crippen LogP contribution in [0.15, 0.2) is 69.8 Å². The molecule has 2 heterocycles. The summed E-state index contributed by atoms with van der Waals surface area (Å²) < 4.78 is 30.2. The van der Waals surface area contributed by atoms with E-state index in [-0.39, 0.29) is 10.8 Å². The number of nitrogens with zero attached hydrogens (tertiary/aromatic N) is 4. The molecule has 1 amide bonds. The number of rotatable bonds is 6. The van der Waals surface area contributed by atoms with Gasteiger partial charge < -0.3 is 9.47 Å². The molecule has 0 spiro atoms. The second kappa shape index (κ2) is 7.88. The molecule has 8 nitrogen and oxygen atoms in total. The van der Waals surface area contributed by atoms with E-state index in [0.717, 1.165) is 6.42 Å². The number of benzene rings is 2. The summed E-state index contributed by atoms with van der Waals surface area (Å²) in [6.45, 7) is 0.663. The van der Waals surface area contributed by atoms with Gasteiger partial charge in [-0.1, -0.05) is 12.1 Å². The van der Waals surface area contributed by atoms with Gasteiger partial charge >= 0.3 is 0 Å². The molecule has 10 heteroatoms. The van der Waals surface area contributed by atoms with Crippen molar-refractivity contribution in [1.82, 2.24) is 14.8 Å². The monoisotopic (exact) mass is 429 g/mol. The molecule has 1 aliphatic rings. The second-order valence-corrected chi connectivity index (χ2v) is 9.26. The molecular weight excluding hydrogens is 410 g/mol. The molecule has 2 aromatic carbocycles. The van der Waals surface area contributed by atoms with Crippen molar-refractivity contribution in [3.63, 3.8) is 0 Å². The van der Waals surface area contributed by atoms with E-state index < -0.39 is 10.0 Å². The Hall–Kier alpha value is -2.85. The van der Waals surface area contributed by atoms with Crippen molar-refractivity contribution in [2.75, 3.05) is 16.2 Å². The number of nitrogens with one attached hydrogen (secondary N) is 1. The first-order chi connectivity index (χ1) is 13.9. The minimum Gasteiger partial charge on any atom is -0.312 e. The van der Waals surface area contributed by atoms with Crippen LogP contribution < -0.4 is 9.62 Å². The van der Waals surface area contributed by atoms with Gasteiger partial charge in [-0.15, -0.1) is 10.2 Å². The number of aromatic nitrogens is 3. The third kappa shape index (κ3) is 4.13. The molecule has 0 bridgehead atoms. The van der Waals surface area contributed by atoms with E-state index in [2.05, 4.69) is 14.9 Å². The molecule has 1 fully saturated rings. The molecule has 4 rings (SSSR count). The van der Waals surface area contributed by atoms with Crippen molar-refractivity contribution in [3.8, 4) is 0 Å². The molecule has 0 saturated carbocycles. The van der Waals surface area contributed by atoms with Gasteiger partial charge in [-0.2, -0.15) is 0 Å². The fraction of sp³-hybridized carbons (Fsp3) is 0.211. The Balaban J connectivity index is 1.56. The van der Waals surface area contributed by atoms with Crippen LogP contribution in [-0.4, -0.2) is 35.6 Å². The Morgan fingerprint density at radius 1 is 1.10 bits per heavy atom. The quantitative estimate of drug-likeness (QED) is 0.647. The summed E-state index contributed by atoms with van der Waals surface area (Å²) in [4.78, 5) is 14.4. The van der Waals surface area contributed by atoms with E-state index >= 15 is 0 Å². The number of hydrogen-bond donors (Lipinski definition) is 1. The van der Waals surface area contributed by atoms with Crippen LogP contribution in [0, 0.1) is 0 Å². The predicted octanol–water partition coefficient (Wildman–Crippen LogP) is 2.89. The van der Waals surface area contributed by atoms with E-state index in [1.54, 1.807) is 40.1 Å². The molecule has 1 aromatic heterocycles. The van der Waals surface area contributed by atoms with Crippen LogP contribution in [0.25, 0.3) is 0 Å². The predicted molar refractivity (Wildman–Crippen MR) is 110 cm³/mol. The van der Waals surface area contributed by atoms with Crippen LogP contribution >= 0.6 is 11.8 Å². The summed E-state index contributed by atoms with van der Waals surface area (Å²) in [7, 11) is -1.97. The minimum atomic E-state index is -3.79. The highest BCUT2D eigenvalue weighted by Crippen LogP contribution is 2.33. The van der Waals surface area contributed by atoms with Gasteiger partial charge in [-0.3, -0.25) is 9.52 Å². The van der Waals surface area contributed by atoms with Crippen LogP contribution in [-0.2, 0) is 21.9 Å². The molecule has 1 saturated heterocycles. The van der Waals surface area contributed by atoms with Gasteiger partial charge in [0.05, 0.1) is 10.6 Å². The van der Waals surface area contributed by atoms with E-state index in [1.165, 1.54) is 23.9 Å². The third-order valence-electron chi connectivity index (χ3n) is 4.53. The summed E-state index contributed by atoms with van der Waals surface area (Å²) in [6, 6.07) is 13.5. The van der Waals surface area contributed by atoms with Gasteiger partial charge in [0.2, 0.25) is 5.91 Å². The van der Waals surface area contributed by atoms with Gasteiger partial charge in [0.15, 0.2) is 5.16 Å². The topological polar surface area (TPSA) is 97.2 Å². The van der Waals surface area contributed by atoms with Crippen LogP contribution in [0.3, 0.4) is 0 Å². The Bertz CT molecular complexity index is 1140. The average Bonchev–Trinajstić information content (AvgIpc) is 3.31. The van der Waals surface area contributed by atoms with Crippen molar-refractivity contribution in [1.29, 1.82) is 0 Å². The van der Waals surface area contributed by atoms with Crippen LogP contribution in [0.2, 0.25) is 0 Å². The fourth-order valence-corrected chi connectivity index (χ4v) is 5.03. The summed E-state index contributed by atoms with van der Waals surface area (Å²) in [5.41, 5.74) is 1.17. The number of amides is 1. The van der Waals surface area contributed by atoms with Crippen molar-refractivity contribution in [3.05, 3.63) is 54.9 Å². The number of hydrogen-bond acceptors (Lipinski definition) is 6. The van der Waals surface area contributed by atoms with E-state index in [9.17, 15) is 13.2 Å². The number of aryl methyl sites for hydroxylation is 1. The summed E-state index contributed by atoms with van der Waals surface area (Å²) in [5.74, 6) is 0.0634. The first kappa shape index (κ1) is 19.5. The van der Waals surface area contributed by atoms with E-state index in [4.69, 9.17) is 0 Å². The van der Waals surface area contributed by atoms with Crippen molar-refractivity contribution in [2.45, 2.75) is 27.8 Å². The highest BCUT2D eigenvalue weighted by molar-refractivity contribution is 7.99. The number of carbonyl (C=O) groups is 1. The average molecular weight is 430 g/mol. The van der Waals surface area contributed by atoms with Crippen molar-refractivity contribution in [2.24, 2.45) is 7.05 Å². The van der Waals surface area contributed by atoms with Crippen LogP contribution in [0.4, 0.5) is 11.4 Å². The first-order valence-electron chi connectivity index (χ1n) is 8.98. The maximum Gasteiger partial charge on any atom is 0.261 e. The zero-order valence-electron chi connectivity index (χ0n) is 15.6. The number of anilines is 2. The van der Waals surface area contributed by atoms with Crippen molar-refractivity contribution >= 4 is 39.1 Å². The molecule has 0 atom stereocenters. The van der Waals surface area contributed by atoms with Gasteiger partial charge in [0.25, 0.3) is 10.0 Å². The zero-order valence-corrected chi connectivity index (χ0v) is 17.3. The molecule has 1 aliphatic heterocycles. The lowest BCUT2D eigenvalue weighted by molar-refractivity contribution is -0.117. The maximum atomic E-state index is 12.9. The summed E-state index contributed by atoms with van der Waals surface area (Å²) >= 11 is 1.32. The first-order valence-corrected chi connectivity index (χ1v) is 11.3. The van der Waals surface area contributed by atoms with E-state index in [0.29, 0.717) is 34.4 Å². The second-order valence-electron chi connectivity index (χ2n) is 6.57. The highest BCUT2D eigenvalue weighted by atomic mass is 32.2. The normalized spacial score (nSPS) is 14.4. The number of sulfonamides is 1. The molecule has 0 aliphatic carbocycles. The molecule has 150 valence electrons. The van der Waals surface area contributed by atoms with Gasteiger partial charge in [-0.25, -0.2) is 8.42 Å². The summed E-state index contributed by atoms with van der Waals surface area (Å²) in [5, 5.41) is 8.52. The fourth-order valence-electron chi connectivity index (χ4n) is 3.03. The third-order valence-corrected chi connectivity index (χ3v) is 7.04. The zero-order chi connectivity index (χ0) is 20.4. The lowest BCUT2D eigenvalue weighted by atomic mass is 10.3. The Morgan fingerprint density at radius 2 is 1.86 bits per heavy atom. The number of para-hydroxylation sites is 1. The molecular formula is C19H19N5O3S2. The highest BCUT2D eigenvalue weighted by Gasteiger charge is 2.23. The maximum absolute atomic E-state index is 12.9. The smallest absolute Gasteiger partial charge is 0.261 e. The van der Waals surface area contributed by atoms with Gasteiger partial charge in [-0.05, 0) is 54.6 Å². The molecule has 1 N–H and O–H groups in total. The SMILES string of the molecule is Cn1cnnc1Sc1ccccc1NS(=O)(=O)c1ccc(N2CCCC2=O)cc1. The standard InChI is InChI=1S/C19H19N5O3S2/c1-23-13-20-21-19(23)28-17-6-3-2-5-16(17)22-29(26,27)15-10-8-14(9-11-15)24-12-4-7-18(24)25/h2-3,5-6,8-11,13,22H,4,7,12H2,1H3. The lowest BCUT2D eigenvalue weighted by Gasteiger charge is -2.16. The van der Waals surface area contributed by atoms with Gasteiger partial charge in [0.1, 0.15) is 6.33 Å². The molecule has 29 heavy (non-hydrogen) atoms. The minimum absolute atomic E-state index is 0.0634. The molecule has 3 aromatic rings. The van der Waals surface area contributed by atoms with Crippen LogP contribution in [0.1, 0.15) is 12.8 Å². The molecule has 0 radical (unpaired) electrons. The van der Waals surface area contributed by atoms with Crippen molar-refractivity contribution < 1.29 is 13.2 Å². The van der Waals surface area contributed by atoms with E-state index in [1.807, 2.05) is 19.2 Å².